The predicted molar refractivity (Wildman–Crippen MR) is 220 cm³/mol. The lowest BCUT2D eigenvalue weighted by Crippen LogP contribution is -2.38. The van der Waals surface area contributed by atoms with E-state index in [9.17, 15) is 36.2 Å². The first-order chi connectivity index (χ1) is 27.7. The Kier molecular flexibility index (Phi) is 23.8. The number of amides is 1. The van der Waals surface area contributed by atoms with Crippen molar-refractivity contribution in [3.05, 3.63) is 102 Å². The number of aryl methyl sites for hydroxylation is 1. The Hall–Kier alpha value is -5.66. The number of fused-ring (bicyclic) bond motifs is 1. The van der Waals surface area contributed by atoms with Crippen molar-refractivity contribution in [2.75, 3.05) is 31.2 Å². The molecule has 5 aromatic heterocycles. The smallest absolute Gasteiger partial charge is 0.400 e. The summed E-state index contributed by atoms with van der Waals surface area (Å²) in [5.74, 6) is 0.352. The van der Waals surface area contributed by atoms with Crippen LogP contribution in [0.4, 0.5) is 37.8 Å². The number of aromatic nitrogens is 6. The van der Waals surface area contributed by atoms with Crippen LogP contribution in [0, 0.1) is 6.92 Å². The van der Waals surface area contributed by atoms with E-state index < -0.39 is 29.3 Å². The minimum Gasteiger partial charge on any atom is -0.400 e. The SMILES string of the molecule is CC.CC(C)(O)CNCC(=O)Nc1cc(N)ccn1.CC/C=C(/N)c1cccc(C(F)(F)F)n1.CCC.CO.Cc1nc(-c2cccc(C(F)(F)F)n2)nn2cccc12. The number of carbonyl (C=O) groups is 1. The number of rotatable bonds is 8. The quantitative estimate of drug-likeness (QED) is 0.0829. The zero-order valence-electron chi connectivity index (χ0n) is 34.7. The molecule has 0 aliphatic rings. The van der Waals surface area contributed by atoms with Gasteiger partial charge in [-0.25, -0.2) is 24.5 Å². The summed E-state index contributed by atoms with van der Waals surface area (Å²) in [6.07, 6.45) is -2.15. The summed E-state index contributed by atoms with van der Waals surface area (Å²) in [5.41, 5.74) is 10.9. The first kappa shape index (κ1) is 53.3. The van der Waals surface area contributed by atoms with Crippen LogP contribution in [0.3, 0.4) is 0 Å². The van der Waals surface area contributed by atoms with Crippen LogP contribution in [-0.2, 0) is 17.1 Å². The molecule has 5 heterocycles. The molecule has 19 heteroatoms. The van der Waals surface area contributed by atoms with Gasteiger partial charge in [0.05, 0.1) is 34.7 Å². The number of aliphatic hydroxyl groups excluding tert-OH is 1. The van der Waals surface area contributed by atoms with Gasteiger partial charge in [0.1, 0.15) is 22.9 Å². The second-order valence-corrected chi connectivity index (χ2v) is 12.4. The number of allylic oxidation sites excluding steroid dienone is 1. The number of anilines is 2. The maximum atomic E-state index is 12.7. The summed E-state index contributed by atoms with van der Waals surface area (Å²) in [5, 5.41) is 26.0. The van der Waals surface area contributed by atoms with Crippen molar-refractivity contribution in [2.45, 2.75) is 86.2 Å². The number of aliphatic hydroxyl groups is 2. The minimum absolute atomic E-state index is 0.0959. The van der Waals surface area contributed by atoms with Gasteiger partial charge in [0.25, 0.3) is 0 Å². The van der Waals surface area contributed by atoms with E-state index in [4.69, 9.17) is 16.6 Å². The number of pyridine rings is 3. The molecule has 5 rings (SSSR count). The third-order valence-corrected chi connectivity index (χ3v) is 6.50. The second kappa shape index (κ2) is 26.4. The number of nitrogen functional groups attached to an aromatic ring is 1. The van der Waals surface area contributed by atoms with Crippen molar-refractivity contribution in [2.24, 2.45) is 5.73 Å². The Labute approximate surface area is 341 Å². The molecule has 59 heavy (non-hydrogen) atoms. The Morgan fingerprint density at radius 2 is 1.46 bits per heavy atom. The predicted octanol–water partition coefficient (Wildman–Crippen LogP) is 7.94. The molecule has 5 aromatic rings. The van der Waals surface area contributed by atoms with E-state index in [0.29, 0.717) is 30.2 Å². The molecule has 0 aliphatic heterocycles. The van der Waals surface area contributed by atoms with E-state index >= 15 is 0 Å². The number of hydrogen-bond donors (Lipinski definition) is 6. The average molecular weight is 839 g/mol. The molecule has 13 nitrogen and oxygen atoms in total. The molecule has 0 saturated carbocycles. The Balaban J connectivity index is 0.000000801. The van der Waals surface area contributed by atoms with Crippen LogP contribution < -0.4 is 22.1 Å². The van der Waals surface area contributed by atoms with Crippen LogP contribution in [-0.4, -0.2) is 71.5 Å². The highest BCUT2D eigenvalue weighted by Gasteiger charge is 2.33. The maximum Gasteiger partial charge on any atom is 0.433 e. The third-order valence-electron chi connectivity index (χ3n) is 6.50. The first-order valence-corrected chi connectivity index (χ1v) is 18.4. The van der Waals surface area contributed by atoms with Gasteiger partial charge in [-0.1, -0.05) is 59.2 Å². The number of hydrogen-bond acceptors (Lipinski definition) is 11. The molecular formula is C40H56F6N10O3. The van der Waals surface area contributed by atoms with Gasteiger partial charge < -0.3 is 32.3 Å². The fourth-order valence-corrected chi connectivity index (χ4v) is 4.17. The van der Waals surface area contributed by atoms with Gasteiger partial charge in [0.2, 0.25) is 5.91 Å². The second-order valence-electron chi connectivity index (χ2n) is 12.4. The lowest BCUT2D eigenvalue weighted by Gasteiger charge is -2.17. The molecule has 1 amide bonds. The van der Waals surface area contributed by atoms with Crippen LogP contribution in [0.2, 0.25) is 0 Å². The van der Waals surface area contributed by atoms with Crippen molar-refractivity contribution < 1.29 is 41.4 Å². The number of nitrogens with two attached hydrogens (primary N) is 2. The number of alkyl halides is 6. The normalized spacial score (nSPS) is 11.1. The lowest BCUT2D eigenvalue weighted by atomic mass is 10.1. The zero-order chi connectivity index (χ0) is 45.4. The summed E-state index contributed by atoms with van der Waals surface area (Å²) in [6, 6.07) is 14.2. The highest BCUT2D eigenvalue weighted by atomic mass is 19.4. The summed E-state index contributed by atoms with van der Waals surface area (Å²) in [7, 11) is 1.00. The van der Waals surface area contributed by atoms with Gasteiger partial charge in [-0.15, -0.1) is 5.10 Å². The van der Waals surface area contributed by atoms with Gasteiger partial charge >= 0.3 is 12.4 Å². The van der Waals surface area contributed by atoms with Crippen molar-refractivity contribution in [1.82, 2.24) is 34.9 Å². The van der Waals surface area contributed by atoms with Crippen LogP contribution >= 0.6 is 0 Å². The number of carbonyl (C=O) groups excluding carboxylic acids is 1. The maximum absolute atomic E-state index is 12.7. The number of nitrogens with one attached hydrogen (secondary N) is 2. The average Bonchev–Trinajstić information content (AvgIpc) is 3.66. The van der Waals surface area contributed by atoms with Gasteiger partial charge in [-0.3, -0.25) is 4.79 Å². The molecule has 8 N–H and O–H groups in total. The fourth-order valence-electron chi connectivity index (χ4n) is 4.17. The van der Waals surface area contributed by atoms with Crippen molar-refractivity contribution >= 4 is 28.6 Å². The highest BCUT2D eigenvalue weighted by Crippen LogP contribution is 2.29. The van der Waals surface area contributed by atoms with Gasteiger partial charge in [0, 0.05) is 37.8 Å². The Morgan fingerprint density at radius 3 is 2.00 bits per heavy atom. The molecule has 0 aliphatic carbocycles. The van der Waals surface area contributed by atoms with Crippen molar-refractivity contribution in [3.8, 4) is 11.5 Å². The van der Waals surface area contributed by atoms with Crippen molar-refractivity contribution in [1.29, 1.82) is 0 Å². The van der Waals surface area contributed by atoms with Gasteiger partial charge in [-0.2, -0.15) is 26.3 Å². The molecule has 326 valence electrons. The highest BCUT2D eigenvalue weighted by molar-refractivity contribution is 5.91. The minimum atomic E-state index is -4.48. The lowest BCUT2D eigenvalue weighted by molar-refractivity contribution is -0.141. The zero-order valence-corrected chi connectivity index (χ0v) is 34.7. The largest absolute Gasteiger partial charge is 0.433 e. The van der Waals surface area contributed by atoms with Crippen LogP contribution in [0.5, 0.6) is 0 Å². The van der Waals surface area contributed by atoms with E-state index in [1.54, 1.807) is 55.8 Å². The Morgan fingerprint density at radius 1 is 0.881 bits per heavy atom. The summed E-state index contributed by atoms with van der Waals surface area (Å²) in [6.45, 7) is 15.6. The van der Waals surface area contributed by atoms with E-state index in [-0.39, 0.29) is 35.4 Å². The topological polar surface area (TPSA) is 202 Å². The van der Waals surface area contributed by atoms with Gasteiger partial charge in [0.15, 0.2) is 5.82 Å². The van der Waals surface area contributed by atoms with Crippen LogP contribution in [0.15, 0.2) is 79.1 Å². The van der Waals surface area contributed by atoms with E-state index in [0.717, 1.165) is 24.8 Å². The summed E-state index contributed by atoms with van der Waals surface area (Å²) in [4.78, 5) is 26.7. The molecule has 0 radical (unpaired) electrons. The molecule has 0 saturated heterocycles. The first-order valence-electron chi connectivity index (χ1n) is 18.4. The Bertz CT molecular complexity index is 2000. The van der Waals surface area contributed by atoms with E-state index in [2.05, 4.69) is 49.5 Å². The third kappa shape index (κ3) is 20.5. The number of nitrogens with zero attached hydrogens (tertiary/aromatic N) is 6. The summed E-state index contributed by atoms with van der Waals surface area (Å²) < 4.78 is 76.4. The number of halogens is 6. The van der Waals surface area contributed by atoms with E-state index in [1.165, 1.54) is 36.9 Å². The molecule has 0 spiro atoms. The molecular weight excluding hydrogens is 782 g/mol. The monoisotopic (exact) mass is 838 g/mol. The molecule has 0 atom stereocenters. The molecule has 0 bridgehead atoms. The standard InChI is InChI=1S/C13H9F3N4.C11H18N4O2.C10H11F3N2.C3H8.C2H6.CH4O/c1-8-10-5-3-7-20(10)19-12(17-8)9-4-2-6-11(18-9)13(14,15)16;1-11(2,17)7-13-6-10(16)15-9-5-8(12)3-4-14-9;1-2-4-7(14)8-5-3-6-9(15-8)10(11,12)13;1-3-2;2*1-2/h2-7H,1H3;3-5,13,17H,6-7H2,1-2H3,(H3,12,14,15,16);3-6H,2,14H2,1H3;3H2,1-2H3;1-2H3;2H,1H3/b;;7-4+;;;. The van der Waals surface area contributed by atoms with Crippen LogP contribution in [0.25, 0.3) is 22.7 Å². The summed E-state index contributed by atoms with van der Waals surface area (Å²) >= 11 is 0. The van der Waals surface area contributed by atoms with Crippen molar-refractivity contribution in [3.63, 3.8) is 0 Å². The van der Waals surface area contributed by atoms with Crippen LogP contribution in [0.1, 0.15) is 84.1 Å². The molecule has 0 fully saturated rings. The fraction of sp³-hybridized carbons (Fsp3) is 0.400. The van der Waals surface area contributed by atoms with E-state index in [1.807, 2.05) is 26.8 Å². The molecule has 0 unspecified atom stereocenters. The molecule has 0 aromatic carbocycles. The van der Waals surface area contributed by atoms with Gasteiger partial charge in [-0.05, 0) is 69.7 Å².